The summed E-state index contributed by atoms with van der Waals surface area (Å²) in [6.07, 6.45) is 2.28. The van der Waals surface area contributed by atoms with E-state index in [4.69, 9.17) is 9.97 Å². The number of nitrogens with one attached hydrogen (secondary N) is 1. The third-order valence-corrected chi connectivity index (χ3v) is 4.22. The van der Waals surface area contributed by atoms with Gasteiger partial charge in [-0.2, -0.15) is 5.10 Å². The van der Waals surface area contributed by atoms with Crippen LogP contribution >= 0.6 is 0 Å². The molecule has 7 nitrogen and oxygen atoms in total. The van der Waals surface area contributed by atoms with E-state index in [9.17, 15) is 4.79 Å². The third kappa shape index (κ3) is 2.87. The van der Waals surface area contributed by atoms with Crippen LogP contribution in [0.3, 0.4) is 0 Å². The van der Waals surface area contributed by atoms with E-state index in [1.807, 2.05) is 13.2 Å². The Morgan fingerprint density at radius 3 is 2.74 bits per heavy atom. The number of carbonyl (C=O) groups excluding carboxylic acids is 1. The maximum atomic E-state index is 11.7. The summed E-state index contributed by atoms with van der Waals surface area (Å²) in [6.45, 7) is 9.68. The Morgan fingerprint density at radius 2 is 2.04 bits per heavy atom. The summed E-state index contributed by atoms with van der Waals surface area (Å²) < 4.78 is 1.78. The second kappa shape index (κ2) is 5.47. The first-order chi connectivity index (χ1) is 10.8. The first-order valence-corrected chi connectivity index (χ1v) is 8.01. The molecule has 1 aliphatic heterocycles. The number of hydrogen-bond donors (Lipinski definition) is 1. The lowest BCUT2D eigenvalue weighted by Crippen LogP contribution is -2.38. The highest BCUT2D eigenvalue weighted by molar-refractivity contribution is 5.88. The number of carbonyl (C=O) groups is 1. The van der Waals surface area contributed by atoms with E-state index in [0.29, 0.717) is 19.5 Å². The molecule has 3 heterocycles. The SMILES string of the molecule is CC1CNC(=O)CCN1c1nc(C(C)(C)C)nc2c1cnn2C. The Morgan fingerprint density at radius 1 is 1.30 bits per heavy atom. The van der Waals surface area contributed by atoms with Crippen molar-refractivity contribution in [3.63, 3.8) is 0 Å². The summed E-state index contributed by atoms with van der Waals surface area (Å²) in [4.78, 5) is 23.5. The molecule has 0 aromatic carbocycles. The van der Waals surface area contributed by atoms with Crippen LogP contribution in [0.2, 0.25) is 0 Å². The number of aromatic nitrogens is 4. The van der Waals surface area contributed by atoms with Gasteiger partial charge in [0, 0.05) is 38.0 Å². The average Bonchev–Trinajstić information content (AvgIpc) is 2.77. The fourth-order valence-corrected chi connectivity index (χ4v) is 2.78. The van der Waals surface area contributed by atoms with Gasteiger partial charge in [-0.25, -0.2) is 9.97 Å². The quantitative estimate of drug-likeness (QED) is 0.860. The number of hydrogen-bond acceptors (Lipinski definition) is 5. The topological polar surface area (TPSA) is 75.9 Å². The molecule has 2 aromatic heterocycles. The summed E-state index contributed by atoms with van der Waals surface area (Å²) in [5.74, 6) is 1.75. The summed E-state index contributed by atoms with van der Waals surface area (Å²) in [5, 5.41) is 8.22. The van der Waals surface area contributed by atoms with Gasteiger partial charge < -0.3 is 10.2 Å². The number of anilines is 1. The second-order valence-electron chi connectivity index (χ2n) is 7.22. The van der Waals surface area contributed by atoms with Crippen molar-refractivity contribution in [2.75, 3.05) is 18.0 Å². The van der Waals surface area contributed by atoms with E-state index < -0.39 is 0 Å². The summed E-state index contributed by atoms with van der Waals surface area (Å²) in [7, 11) is 1.89. The summed E-state index contributed by atoms with van der Waals surface area (Å²) in [5.41, 5.74) is 0.673. The maximum absolute atomic E-state index is 11.7. The molecule has 1 amide bonds. The largest absolute Gasteiger partial charge is 0.354 e. The molecule has 0 saturated carbocycles. The van der Waals surface area contributed by atoms with Crippen LogP contribution < -0.4 is 10.2 Å². The highest BCUT2D eigenvalue weighted by Crippen LogP contribution is 2.29. The van der Waals surface area contributed by atoms with Gasteiger partial charge in [-0.15, -0.1) is 0 Å². The molecule has 1 saturated heterocycles. The molecular weight excluding hydrogens is 292 g/mol. The molecule has 1 fully saturated rings. The molecule has 1 aliphatic rings. The van der Waals surface area contributed by atoms with Crippen molar-refractivity contribution in [2.24, 2.45) is 7.05 Å². The van der Waals surface area contributed by atoms with Gasteiger partial charge >= 0.3 is 0 Å². The van der Waals surface area contributed by atoms with Crippen LogP contribution in [0.15, 0.2) is 6.20 Å². The molecule has 1 unspecified atom stereocenters. The fraction of sp³-hybridized carbons (Fsp3) is 0.625. The van der Waals surface area contributed by atoms with Crippen molar-refractivity contribution in [3.05, 3.63) is 12.0 Å². The van der Waals surface area contributed by atoms with Gasteiger partial charge in [-0.05, 0) is 6.92 Å². The van der Waals surface area contributed by atoms with Gasteiger partial charge in [-0.1, -0.05) is 20.8 Å². The molecule has 3 rings (SSSR count). The van der Waals surface area contributed by atoms with Crippen molar-refractivity contribution in [2.45, 2.75) is 45.6 Å². The lowest BCUT2D eigenvalue weighted by Gasteiger charge is -2.29. The van der Waals surface area contributed by atoms with E-state index in [0.717, 1.165) is 22.7 Å². The van der Waals surface area contributed by atoms with Crippen LogP contribution in [0.1, 0.15) is 39.9 Å². The summed E-state index contributed by atoms with van der Waals surface area (Å²) >= 11 is 0. The molecule has 2 aromatic rings. The molecule has 23 heavy (non-hydrogen) atoms. The van der Waals surface area contributed by atoms with Crippen LogP contribution in [0, 0.1) is 0 Å². The number of nitrogens with zero attached hydrogens (tertiary/aromatic N) is 5. The number of rotatable bonds is 1. The minimum atomic E-state index is -0.156. The van der Waals surface area contributed by atoms with E-state index in [1.54, 1.807) is 4.68 Å². The van der Waals surface area contributed by atoms with Crippen molar-refractivity contribution in [1.29, 1.82) is 0 Å². The van der Waals surface area contributed by atoms with Gasteiger partial charge in [0.15, 0.2) is 5.65 Å². The monoisotopic (exact) mass is 316 g/mol. The maximum Gasteiger partial charge on any atom is 0.221 e. The van der Waals surface area contributed by atoms with Crippen LogP contribution in [-0.2, 0) is 17.3 Å². The number of fused-ring (bicyclic) bond motifs is 1. The van der Waals surface area contributed by atoms with E-state index in [2.05, 4.69) is 43.0 Å². The average molecular weight is 316 g/mol. The molecule has 0 bridgehead atoms. The van der Waals surface area contributed by atoms with E-state index >= 15 is 0 Å². The molecule has 0 spiro atoms. The van der Waals surface area contributed by atoms with Crippen LogP contribution in [-0.4, -0.2) is 44.8 Å². The minimum absolute atomic E-state index is 0.0897. The van der Waals surface area contributed by atoms with Crippen LogP contribution in [0.25, 0.3) is 11.0 Å². The zero-order chi connectivity index (χ0) is 16.8. The van der Waals surface area contributed by atoms with E-state index in [1.165, 1.54) is 0 Å². The smallest absolute Gasteiger partial charge is 0.221 e. The Bertz CT molecular complexity index is 745. The zero-order valence-electron chi connectivity index (χ0n) is 14.4. The highest BCUT2D eigenvalue weighted by Gasteiger charge is 2.27. The van der Waals surface area contributed by atoms with Crippen molar-refractivity contribution < 1.29 is 4.79 Å². The normalized spacial score (nSPS) is 19.8. The van der Waals surface area contributed by atoms with Crippen LogP contribution in [0.4, 0.5) is 5.82 Å². The Kier molecular flexibility index (Phi) is 3.74. The second-order valence-corrected chi connectivity index (χ2v) is 7.22. The Labute approximate surface area is 136 Å². The predicted octanol–water partition coefficient (Wildman–Crippen LogP) is 1.38. The lowest BCUT2D eigenvalue weighted by atomic mass is 9.95. The van der Waals surface area contributed by atoms with Crippen molar-refractivity contribution in [3.8, 4) is 0 Å². The third-order valence-electron chi connectivity index (χ3n) is 4.22. The van der Waals surface area contributed by atoms with Gasteiger partial charge in [0.25, 0.3) is 0 Å². The van der Waals surface area contributed by atoms with Crippen LogP contribution in [0.5, 0.6) is 0 Å². The Balaban J connectivity index is 2.17. The fourth-order valence-electron chi connectivity index (χ4n) is 2.78. The summed E-state index contributed by atoms with van der Waals surface area (Å²) in [6, 6.07) is 0.174. The predicted molar refractivity (Wildman–Crippen MR) is 89.4 cm³/mol. The first-order valence-electron chi connectivity index (χ1n) is 8.01. The van der Waals surface area contributed by atoms with Crippen molar-refractivity contribution >= 4 is 22.8 Å². The lowest BCUT2D eigenvalue weighted by molar-refractivity contribution is -0.120. The molecule has 1 N–H and O–H groups in total. The zero-order valence-corrected chi connectivity index (χ0v) is 14.4. The minimum Gasteiger partial charge on any atom is -0.354 e. The van der Waals surface area contributed by atoms with Gasteiger partial charge in [0.05, 0.1) is 11.6 Å². The van der Waals surface area contributed by atoms with E-state index in [-0.39, 0.29) is 17.4 Å². The molecule has 1 atom stereocenters. The van der Waals surface area contributed by atoms with Gasteiger partial charge in [-0.3, -0.25) is 9.48 Å². The standard InChI is InChI=1S/C16H24N6O/c1-10-8-17-12(23)6-7-22(10)14-11-9-18-21(5)13(11)19-15(20-14)16(2,3)4/h9-10H,6-8H2,1-5H3,(H,17,23). The van der Waals surface area contributed by atoms with Gasteiger partial charge in [0.1, 0.15) is 11.6 Å². The van der Waals surface area contributed by atoms with Crippen molar-refractivity contribution in [1.82, 2.24) is 25.1 Å². The number of aryl methyl sites for hydroxylation is 1. The first kappa shape index (κ1) is 15.7. The molecule has 124 valence electrons. The molecular formula is C16H24N6O. The molecule has 7 heteroatoms. The Hall–Kier alpha value is -2.18. The number of amides is 1. The molecule has 0 radical (unpaired) electrons. The van der Waals surface area contributed by atoms with Gasteiger partial charge in [0.2, 0.25) is 5.91 Å². The molecule has 0 aliphatic carbocycles. The highest BCUT2D eigenvalue weighted by atomic mass is 16.1.